The monoisotopic (exact) mass is 274 g/mol. The molecule has 1 radical (unpaired) electrons. The predicted molar refractivity (Wildman–Crippen MR) is 63.8 cm³/mol. The van der Waals surface area contributed by atoms with E-state index < -0.39 is 0 Å². The fourth-order valence-electron chi connectivity index (χ4n) is 1.69. The summed E-state index contributed by atoms with van der Waals surface area (Å²) in [5, 5.41) is 0. The van der Waals surface area contributed by atoms with E-state index in [1.807, 2.05) is 47.0 Å². The van der Waals surface area contributed by atoms with Gasteiger partial charge in [0.25, 0.3) is 0 Å². The minimum absolute atomic E-state index is 0.866. The second-order valence-corrected chi connectivity index (χ2v) is 4.22. The fourth-order valence-corrected chi connectivity index (χ4v) is 2.22. The first-order valence-electron chi connectivity index (χ1n) is 4.92. The summed E-state index contributed by atoms with van der Waals surface area (Å²) in [4.78, 5) is 8.82. The Labute approximate surface area is 101 Å². The topological polar surface area (TPSA) is 30.2 Å². The van der Waals surface area contributed by atoms with Gasteiger partial charge in [0.05, 0.1) is 0 Å². The van der Waals surface area contributed by atoms with E-state index in [1.165, 1.54) is 0 Å². The van der Waals surface area contributed by atoms with Crippen molar-refractivity contribution in [3.63, 3.8) is 0 Å². The second-order valence-electron chi connectivity index (χ2n) is 3.41. The van der Waals surface area contributed by atoms with Gasteiger partial charge in [0.2, 0.25) is 0 Å². The van der Waals surface area contributed by atoms with Crippen molar-refractivity contribution in [3.8, 4) is 11.5 Å². The van der Waals surface area contributed by atoms with E-state index in [4.69, 9.17) is 0 Å². The van der Waals surface area contributed by atoms with Crippen molar-refractivity contribution in [2.75, 3.05) is 0 Å². The maximum absolute atomic E-state index is 4.50. The normalized spacial score (nSPS) is 10.8. The molecule has 0 amide bonds. The molecule has 0 atom stereocenters. The number of hydrogen-bond donors (Lipinski definition) is 0. The molecule has 0 unspecified atom stereocenters. The van der Waals surface area contributed by atoms with Crippen LogP contribution in [0.15, 0.2) is 48.8 Å². The van der Waals surface area contributed by atoms with Crippen LogP contribution in [0.1, 0.15) is 0 Å². The molecule has 16 heavy (non-hydrogen) atoms. The minimum atomic E-state index is 0.866. The summed E-state index contributed by atoms with van der Waals surface area (Å²) in [6.45, 7) is 0. The average Bonchev–Trinajstić information content (AvgIpc) is 2.69. The van der Waals surface area contributed by atoms with E-state index in [9.17, 15) is 0 Å². The molecule has 0 aromatic carbocycles. The third-order valence-corrected chi connectivity index (χ3v) is 3.04. The van der Waals surface area contributed by atoms with Gasteiger partial charge in [-0.05, 0) is 0 Å². The van der Waals surface area contributed by atoms with E-state index in [1.54, 1.807) is 6.20 Å². The van der Waals surface area contributed by atoms with E-state index >= 15 is 0 Å². The molecule has 3 aromatic rings. The zero-order chi connectivity index (χ0) is 11.0. The first-order chi connectivity index (χ1) is 7.86. The molecule has 3 heterocycles. The van der Waals surface area contributed by atoms with Crippen molar-refractivity contribution in [1.82, 2.24) is 14.4 Å². The average molecular weight is 273 g/mol. The molecule has 0 aliphatic carbocycles. The second kappa shape index (κ2) is 3.74. The zero-order valence-corrected chi connectivity index (χ0v) is 10.1. The molecule has 0 saturated carbocycles. The van der Waals surface area contributed by atoms with Crippen LogP contribution in [0.4, 0.5) is 0 Å². The summed E-state index contributed by atoms with van der Waals surface area (Å²) in [5.74, 6) is 0.866. The standard InChI is InChI=1S/C12H8N3Se/c16-12-10-6-2-4-8-15(10)11(14-12)9-5-1-3-7-13-9/h1-8H. The van der Waals surface area contributed by atoms with Crippen molar-refractivity contribution in [3.05, 3.63) is 48.8 Å². The molecule has 3 rings (SSSR count). The SMILES string of the molecule is [Se]c1nc(-c2ccccn2)n2ccccc12. The first-order valence-corrected chi connectivity index (χ1v) is 5.77. The van der Waals surface area contributed by atoms with Gasteiger partial charge >= 0.3 is 101 Å². The number of fused-ring (bicyclic) bond motifs is 1. The molecular formula is C12H8N3Se. The fraction of sp³-hybridized carbons (Fsp3) is 0. The molecule has 0 N–H and O–H groups in total. The Morgan fingerprint density at radius 3 is 2.75 bits per heavy atom. The molecule has 0 fully saturated rings. The maximum atomic E-state index is 4.50. The molecule has 0 spiro atoms. The molecule has 0 aliphatic rings. The molecular weight excluding hydrogens is 265 g/mol. The van der Waals surface area contributed by atoms with Crippen LogP contribution in [0.2, 0.25) is 0 Å². The van der Waals surface area contributed by atoms with E-state index in [0.717, 1.165) is 21.6 Å². The van der Waals surface area contributed by atoms with Crippen molar-refractivity contribution in [2.24, 2.45) is 0 Å². The van der Waals surface area contributed by atoms with Crippen LogP contribution < -0.4 is 4.59 Å². The van der Waals surface area contributed by atoms with E-state index in [0.29, 0.717) is 0 Å². The summed E-state index contributed by atoms with van der Waals surface area (Å²) in [6.07, 6.45) is 3.77. The summed E-state index contributed by atoms with van der Waals surface area (Å²) in [5.41, 5.74) is 1.95. The van der Waals surface area contributed by atoms with E-state index in [2.05, 4.69) is 26.0 Å². The summed E-state index contributed by atoms with van der Waals surface area (Å²) >= 11 is 2.98. The van der Waals surface area contributed by atoms with Crippen LogP contribution in [0.3, 0.4) is 0 Å². The Morgan fingerprint density at radius 2 is 1.94 bits per heavy atom. The first kappa shape index (κ1) is 9.58. The Bertz CT molecular complexity index is 631. The van der Waals surface area contributed by atoms with Gasteiger partial charge in [-0.15, -0.1) is 0 Å². The van der Waals surface area contributed by atoms with Gasteiger partial charge in [0.1, 0.15) is 0 Å². The molecule has 3 nitrogen and oxygen atoms in total. The van der Waals surface area contributed by atoms with Crippen LogP contribution >= 0.6 is 0 Å². The van der Waals surface area contributed by atoms with Crippen molar-refractivity contribution in [1.29, 1.82) is 0 Å². The zero-order valence-electron chi connectivity index (χ0n) is 8.37. The number of pyridine rings is 2. The third-order valence-electron chi connectivity index (χ3n) is 2.41. The number of aromatic nitrogens is 3. The Hall–Kier alpha value is -1.64. The predicted octanol–water partition coefficient (Wildman–Crippen LogP) is 1.19. The molecule has 0 aliphatic heterocycles. The number of nitrogens with zero attached hydrogens (tertiary/aromatic N) is 3. The Balaban J connectivity index is 2.33. The number of hydrogen-bond acceptors (Lipinski definition) is 2. The molecule has 0 bridgehead atoms. The van der Waals surface area contributed by atoms with Crippen LogP contribution in [-0.4, -0.2) is 30.4 Å². The van der Waals surface area contributed by atoms with Gasteiger partial charge in [0, 0.05) is 0 Å². The Morgan fingerprint density at radius 1 is 1.06 bits per heavy atom. The van der Waals surface area contributed by atoms with Crippen molar-refractivity contribution in [2.45, 2.75) is 0 Å². The van der Waals surface area contributed by atoms with Crippen molar-refractivity contribution < 1.29 is 0 Å². The summed E-state index contributed by atoms with van der Waals surface area (Å²) in [6, 6.07) is 11.8. The molecule has 0 saturated heterocycles. The quantitative estimate of drug-likeness (QED) is 0.623. The van der Waals surface area contributed by atoms with Crippen LogP contribution in [0.5, 0.6) is 0 Å². The Kier molecular flexibility index (Phi) is 2.24. The van der Waals surface area contributed by atoms with E-state index in [-0.39, 0.29) is 0 Å². The van der Waals surface area contributed by atoms with Gasteiger partial charge in [-0.25, -0.2) is 0 Å². The van der Waals surface area contributed by atoms with Crippen LogP contribution in [0, 0.1) is 0 Å². The summed E-state index contributed by atoms with van der Waals surface area (Å²) in [7, 11) is 0. The molecule has 3 aromatic heterocycles. The van der Waals surface area contributed by atoms with Crippen molar-refractivity contribution >= 4 is 26.1 Å². The van der Waals surface area contributed by atoms with Gasteiger partial charge in [-0.1, -0.05) is 0 Å². The van der Waals surface area contributed by atoms with Gasteiger partial charge < -0.3 is 0 Å². The molecule has 77 valence electrons. The number of rotatable bonds is 1. The summed E-state index contributed by atoms with van der Waals surface area (Å²) < 4.78 is 2.94. The van der Waals surface area contributed by atoms with Crippen LogP contribution in [-0.2, 0) is 0 Å². The van der Waals surface area contributed by atoms with Gasteiger partial charge in [0.15, 0.2) is 0 Å². The van der Waals surface area contributed by atoms with Crippen LogP contribution in [0.25, 0.3) is 17.0 Å². The third kappa shape index (κ3) is 1.43. The van der Waals surface area contributed by atoms with Gasteiger partial charge in [-0.3, -0.25) is 0 Å². The number of imidazole rings is 1. The van der Waals surface area contributed by atoms with Gasteiger partial charge in [-0.2, -0.15) is 0 Å². The molecule has 4 heteroatoms.